The van der Waals surface area contributed by atoms with Crippen LogP contribution in [0.1, 0.15) is 5.56 Å². The van der Waals surface area contributed by atoms with Crippen molar-refractivity contribution in [1.29, 1.82) is 0 Å². The van der Waals surface area contributed by atoms with E-state index in [1.807, 2.05) is 0 Å². The smallest absolute Gasteiger partial charge is 0.140 e. The third-order valence-electron chi connectivity index (χ3n) is 5.15. The molecule has 28 heavy (non-hydrogen) atoms. The van der Waals surface area contributed by atoms with Gasteiger partial charge in [-0.2, -0.15) is 0 Å². The molecule has 1 fully saturated rings. The van der Waals surface area contributed by atoms with E-state index in [0.717, 1.165) is 67.5 Å². The second kappa shape index (κ2) is 8.20. The maximum atomic E-state index is 5.47. The molecule has 1 saturated heterocycles. The first-order valence-corrected chi connectivity index (χ1v) is 9.92. The van der Waals surface area contributed by atoms with Crippen LogP contribution >= 0.6 is 0 Å². The largest absolute Gasteiger partial charge is 0.383 e. The number of anilines is 2. The van der Waals surface area contributed by atoms with Crippen LogP contribution in [0.4, 0.5) is 11.4 Å². The summed E-state index contributed by atoms with van der Waals surface area (Å²) in [5, 5.41) is 3.55. The summed E-state index contributed by atoms with van der Waals surface area (Å²) in [5.74, 6) is 0.908. The van der Waals surface area contributed by atoms with E-state index in [-0.39, 0.29) is 0 Å². The average molecular weight is 380 g/mol. The second-order valence-electron chi connectivity index (χ2n) is 7.67. The van der Waals surface area contributed by atoms with Crippen molar-refractivity contribution in [3.8, 4) is 11.4 Å². The molecule has 6 heteroatoms. The molecule has 6 nitrogen and oxygen atoms in total. The number of H-pyrrole nitrogens is 1. The number of nitrogens with zero attached hydrogens (tertiary/aromatic N) is 3. The predicted molar refractivity (Wildman–Crippen MR) is 116 cm³/mol. The number of aromatic amines is 1. The summed E-state index contributed by atoms with van der Waals surface area (Å²) in [6.07, 6.45) is 0. The van der Waals surface area contributed by atoms with Gasteiger partial charge >= 0.3 is 0 Å². The number of fused-ring (bicyclic) bond motifs is 1. The van der Waals surface area contributed by atoms with Crippen LogP contribution in [0, 0.1) is 6.92 Å². The number of benzene rings is 2. The highest BCUT2D eigenvalue weighted by Gasteiger charge is 2.14. The van der Waals surface area contributed by atoms with Crippen molar-refractivity contribution < 1.29 is 4.74 Å². The van der Waals surface area contributed by atoms with E-state index in [9.17, 15) is 0 Å². The number of imidazole rings is 1. The summed E-state index contributed by atoms with van der Waals surface area (Å²) in [6.45, 7) is 7.44. The Bertz CT molecular complexity index is 943. The van der Waals surface area contributed by atoms with Crippen LogP contribution in [0.5, 0.6) is 0 Å². The SMILES string of the molecule is Cc1ccc(NCCN(C)C)c(-c2nc3ccc(N4CCOCC4)cc3[nH]2)c1. The standard InChI is InChI=1S/C22H29N5O/c1-16-4-6-19(23-8-9-26(2)3)18(14-16)22-24-20-7-5-17(15-21(20)25-22)27-10-12-28-13-11-27/h4-7,14-15,23H,8-13H2,1-3H3,(H,24,25). The van der Waals surface area contributed by atoms with Gasteiger partial charge in [-0.3, -0.25) is 0 Å². The van der Waals surface area contributed by atoms with Gasteiger partial charge in [0.1, 0.15) is 5.82 Å². The third kappa shape index (κ3) is 4.13. The molecule has 1 aromatic heterocycles. The molecule has 1 aliphatic rings. The number of aryl methyl sites for hydroxylation is 1. The van der Waals surface area contributed by atoms with Gasteiger partial charge in [0.15, 0.2) is 0 Å². The van der Waals surface area contributed by atoms with Crippen LogP contribution in [0.15, 0.2) is 36.4 Å². The lowest BCUT2D eigenvalue weighted by molar-refractivity contribution is 0.122. The van der Waals surface area contributed by atoms with Crippen molar-refractivity contribution in [2.75, 3.05) is 63.7 Å². The molecule has 0 atom stereocenters. The van der Waals surface area contributed by atoms with Crippen LogP contribution in [0.2, 0.25) is 0 Å². The number of likely N-dealkylation sites (N-methyl/N-ethyl adjacent to an activating group) is 1. The number of ether oxygens (including phenoxy) is 1. The predicted octanol–water partition coefficient (Wildman–Crippen LogP) is 3.35. The van der Waals surface area contributed by atoms with E-state index < -0.39 is 0 Å². The zero-order valence-electron chi connectivity index (χ0n) is 17.0. The molecule has 0 amide bonds. The molecule has 2 N–H and O–H groups in total. The number of aromatic nitrogens is 2. The Labute approximate surface area is 166 Å². The molecular weight excluding hydrogens is 350 g/mol. The van der Waals surface area contributed by atoms with Crippen molar-refractivity contribution in [3.05, 3.63) is 42.0 Å². The maximum absolute atomic E-state index is 5.47. The maximum Gasteiger partial charge on any atom is 0.140 e. The van der Waals surface area contributed by atoms with E-state index in [1.165, 1.54) is 11.3 Å². The lowest BCUT2D eigenvalue weighted by Gasteiger charge is -2.28. The Morgan fingerprint density at radius 2 is 1.96 bits per heavy atom. The highest BCUT2D eigenvalue weighted by Crippen LogP contribution is 2.30. The van der Waals surface area contributed by atoms with Gasteiger partial charge in [-0.25, -0.2) is 4.98 Å². The van der Waals surface area contributed by atoms with Gasteiger partial charge in [-0.1, -0.05) is 11.6 Å². The van der Waals surface area contributed by atoms with Gasteiger partial charge in [-0.05, 0) is 51.4 Å². The Balaban J connectivity index is 1.64. The molecule has 0 saturated carbocycles. The molecule has 0 radical (unpaired) electrons. The lowest BCUT2D eigenvalue weighted by Crippen LogP contribution is -2.36. The molecule has 4 rings (SSSR count). The summed E-state index contributed by atoms with van der Waals surface area (Å²) < 4.78 is 5.47. The molecule has 148 valence electrons. The van der Waals surface area contributed by atoms with E-state index in [0.29, 0.717) is 0 Å². The zero-order chi connectivity index (χ0) is 19.5. The topological polar surface area (TPSA) is 56.4 Å². The molecule has 1 aliphatic heterocycles. The first-order chi connectivity index (χ1) is 13.6. The van der Waals surface area contributed by atoms with E-state index in [2.05, 4.69) is 77.5 Å². The summed E-state index contributed by atoms with van der Waals surface area (Å²) in [5.41, 5.74) is 6.73. The van der Waals surface area contributed by atoms with E-state index in [1.54, 1.807) is 0 Å². The quantitative estimate of drug-likeness (QED) is 0.688. The number of hydrogen-bond acceptors (Lipinski definition) is 5. The van der Waals surface area contributed by atoms with Gasteiger partial charge in [0.25, 0.3) is 0 Å². The van der Waals surface area contributed by atoms with Gasteiger partial charge in [-0.15, -0.1) is 0 Å². The summed E-state index contributed by atoms with van der Waals surface area (Å²) >= 11 is 0. The second-order valence-corrected chi connectivity index (χ2v) is 7.67. The molecule has 3 aromatic rings. The monoisotopic (exact) mass is 379 g/mol. The molecule has 0 spiro atoms. The Hall–Kier alpha value is -2.57. The lowest BCUT2D eigenvalue weighted by atomic mass is 10.1. The fourth-order valence-electron chi connectivity index (χ4n) is 3.57. The average Bonchev–Trinajstić information content (AvgIpc) is 3.12. The minimum atomic E-state index is 0.789. The normalized spacial score (nSPS) is 14.8. The molecule has 2 aromatic carbocycles. The van der Waals surface area contributed by atoms with Crippen LogP contribution < -0.4 is 10.2 Å². The summed E-state index contributed by atoms with van der Waals surface area (Å²) in [7, 11) is 4.17. The number of morpholine rings is 1. The van der Waals surface area contributed by atoms with Crippen molar-refractivity contribution in [3.63, 3.8) is 0 Å². The van der Waals surface area contributed by atoms with Crippen molar-refractivity contribution in [2.45, 2.75) is 6.92 Å². The first kappa shape index (κ1) is 18.8. The van der Waals surface area contributed by atoms with Crippen LogP contribution in [0.25, 0.3) is 22.4 Å². The molecule has 0 unspecified atom stereocenters. The molecule has 0 bridgehead atoms. The van der Waals surface area contributed by atoms with Crippen molar-refractivity contribution in [1.82, 2.24) is 14.9 Å². The summed E-state index contributed by atoms with van der Waals surface area (Å²) in [6, 6.07) is 12.9. The van der Waals surface area contributed by atoms with Crippen molar-refractivity contribution >= 4 is 22.4 Å². The fourth-order valence-corrected chi connectivity index (χ4v) is 3.57. The number of rotatable bonds is 6. The minimum absolute atomic E-state index is 0.789. The minimum Gasteiger partial charge on any atom is -0.383 e. The fraction of sp³-hybridized carbons (Fsp3) is 0.409. The molecule has 2 heterocycles. The Morgan fingerprint density at radius 1 is 1.14 bits per heavy atom. The van der Waals surface area contributed by atoms with Crippen LogP contribution in [0.3, 0.4) is 0 Å². The van der Waals surface area contributed by atoms with Crippen LogP contribution in [-0.4, -0.2) is 68.4 Å². The van der Waals surface area contributed by atoms with Gasteiger partial charge < -0.3 is 24.8 Å². The number of hydrogen-bond donors (Lipinski definition) is 2. The highest BCUT2D eigenvalue weighted by atomic mass is 16.5. The molecule has 0 aliphatic carbocycles. The van der Waals surface area contributed by atoms with Crippen molar-refractivity contribution in [2.24, 2.45) is 0 Å². The first-order valence-electron chi connectivity index (χ1n) is 9.92. The van der Waals surface area contributed by atoms with Gasteiger partial charge in [0.2, 0.25) is 0 Å². The van der Waals surface area contributed by atoms with Crippen LogP contribution in [-0.2, 0) is 4.74 Å². The van der Waals surface area contributed by atoms with Gasteiger partial charge in [0, 0.05) is 43.1 Å². The number of nitrogens with one attached hydrogen (secondary N) is 2. The van der Waals surface area contributed by atoms with Gasteiger partial charge in [0.05, 0.1) is 24.2 Å². The molecular formula is C22H29N5O. The highest BCUT2D eigenvalue weighted by molar-refractivity contribution is 5.85. The Morgan fingerprint density at radius 3 is 2.75 bits per heavy atom. The van der Waals surface area contributed by atoms with E-state index in [4.69, 9.17) is 9.72 Å². The van der Waals surface area contributed by atoms with E-state index >= 15 is 0 Å². The zero-order valence-corrected chi connectivity index (χ0v) is 17.0. The third-order valence-corrected chi connectivity index (χ3v) is 5.15. The Kier molecular flexibility index (Phi) is 5.50. The summed E-state index contributed by atoms with van der Waals surface area (Å²) in [4.78, 5) is 12.9.